The lowest BCUT2D eigenvalue weighted by Gasteiger charge is -2.35. The number of amides is 4. The van der Waals surface area contributed by atoms with Gasteiger partial charge in [-0.3, -0.25) is 15.0 Å². The fraction of sp³-hybridized carbons (Fsp3) is 0.412. The molecule has 25 heavy (non-hydrogen) atoms. The van der Waals surface area contributed by atoms with Gasteiger partial charge in [0.1, 0.15) is 5.84 Å². The molecule has 0 bridgehead atoms. The number of nitrogens with zero attached hydrogens (tertiary/aromatic N) is 3. The van der Waals surface area contributed by atoms with Gasteiger partial charge in [0.05, 0.1) is 5.69 Å². The van der Waals surface area contributed by atoms with Crippen LogP contribution in [0.3, 0.4) is 0 Å². The molecule has 1 aromatic carbocycles. The summed E-state index contributed by atoms with van der Waals surface area (Å²) in [5, 5.41) is 7.97. The van der Waals surface area contributed by atoms with Crippen LogP contribution in [0.1, 0.15) is 24.8 Å². The Morgan fingerprint density at radius 1 is 1.20 bits per heavy atom. The average molecular weight is 343 g/mol. The molecule has 2 heterocycles. The Kier molecular flexibility index (Phi) is 3.98. The molecular weight excluding hydrogens is 322 g/mol. The van der Waals surface area contributed by atoms with Gasteiger partial charge in [0, 0.05) is 26.2 Å². The molecule has 0 radical (unpaired) electrons. The van der Waals surface area contributed by atoms with Crippen molar-refractivity contribution in [3.8, 4) is 0 Å². The smallest absolute Gasteiger partial charge is 0.332 e. The summed E-state index contributed by atoms with van der Waals surface area (Å²) in [5.41, 5.74) is 4.99. The third-order valence-electron chi connectivity index (χ3n) is 4.86. The van der Waals surface area contributed by atoms with Crippen LogP contribution in [-0.2, 0) is 9.59 Å². The number of hydrogen-bond donors (Lipinski definition) is 2. The van der Waals surface area contributed by atoms with Gasteiger partial charge in [-0.1, -0.05) is 0 Å². The topological polar surface area (TPSA) is 111 Å². The normalized spacial score (nSPS) is 22.8. The second kappa shape index (κ2) is 5.87. The van der Waals surface area contributed by atoms with Crippen LogP contribution in [0.25, 0.3) is 0 Å². The van der Waals surface area contributed by atoms with Crippen LogP contribution in [-0.4, -0.2) is 59.7 Å². The van der Waals surface area contributed by atoms with Crippen LogP contribution in [0.15, 0.2) is 24.3 Å². The summed E-state index contributed by atoms with van der Waals surface area (Å²) < 4.78 is 0. The molecule has 0 aliphatic carbocycles. The van der Waals surface area contributed by atoms with Gasteiger partial charge in [-0.15, -0.1) is 0 Å². The molecule has 8 nitrogen and oxygen atoms in total. The molecule has 132 valence electrons. The molecule has 3 N–H and O–H groups in total. The fourth-order valence-electron chi connectivity index (χ4n) is 3.47. The molecular formula is C17H21N5O3. The lowest BCUT2D eigenvalue weighted by molar-refractivity contribution is -0.139. The van der Waals surface area contributed by atoms with E-state index >= 15 is 0 Å². The standard InChI is InChI=1S/C17H21N5O3/c1-20(2)13(18)11-5-7-12(8-6-11)22-15(24)17(14(19)23)9-3-4-10-21(17)16(22)25/h5-8,18H,3-4,9-10H2,1-2H3,(H2,19,23)/t17-/m0/s1. The van der Waals surface area contributed by atoms with Crippen molar-refractivity contribution < 1.29 is 14.4 Å². The van der Waals surface area contributed by atoms with E-state index in [0.29, 0.717) is 30.1 Å². The second-order valence-corrected chi connectivity index (χ2v) is 6.55. The Bertz CT molecular complexity index is 758. The van der Waals surface area contributed by atoms with Gasteiger partial charge < -0.3 is 15.5 Å². The monoisotopic (exact) mass is 343 g/mol. The highest BCUT2D eigenvalue weighted by Crippen LogP contribution is 2.38. The SMILES string of the molecule is CN(C)C(=N)c1ccc(N2C(=O)N3CCCC[C@]3(C(N)=O)C2=O)cc1. The maximum absolute atomic E-state index is 13.0. The predicted molar refractivity (Wildman–Crippen MR) is 92.3 cm³/mol. The van der Waals surface area contributed by atoms with E-state index in [2.05, 4.69) is 0 Å². The lowest BCUT2D eigenvalue weighted by atomic mass is 9.86. The number of piperidine rings is 1. The molecule has 0 aromatic heterocycles. The fourth-order valence-corrected chi connectivity index (χ4v) is 3.47. The van der Waals surface area contributed by atoms with E-state index in [1.807, 2.05) is 0 Å². The summed E-state index contributed by atoms with van der Waals surface area (Å²) in [5.74, 6) is -1.05. The first-order valence-corrected chi connectivity index (χ1v) is 8.13. The van der Waals surface area contributed by atoms with Crippen molar-refractivity contribution >= 4 is 29.4 Å². The van der Waals surface area contributed by atoms with Crippen LogP contribution in [0.5, 0.6) is 0 Å². The molecule has 2 fully saturated rings. The number of primary amides is 1. The minimum absolute atomic E-state index is 0.257. The lowest BCUT2D eigenvalue weighted by Crippen LogP contribution is -2.60. The molecule has 0 spiro atoms. The number of nitrogens with one attached hydrogen (secondary N) is 1. The first-order chi connectivity index (χ1) is 11.8. The number of carbonyl (C=O) groups is 3. The first-order valence-electron chi connectivity index (χ1n) is 8.13. The Balaban J connectivity index is 1.98. The van der Waals surface area contributed by atoms with Gasteiger partial charge in [-0.2, -0.15) is 0 Å². The molecule has 0 unspecified atom stereocenters. The van der Waals surface area contributed by atoms with Crippen molar-refractivity contribution in [2.45, 2.75) is 24.8 Å². The molecule has 2 aliphatic heterocycles. The van der Waals surface area contributed by atoms with Gasteiger partial charge in [0.15, 0.2) is 0 Å². The average Bonchev–Trinajstić information content (AvgIpc) is 2.83. The van der Waals surface area contributed by atoms with Gasteiger partial charge >= 0.3 is 6.03 Å². The van der Waals surface area contributed by atoms with Crippen molar-refractivity contribution in [3.63, 3.8) is 0 Å². The molecule has 2 saturated heterocycles. The number of nitrogens with two attached hydrogens (primary N) is 1. The van der Waals surface area contributed by atoms with Crippen LogP contribution < -0.4 is 10.6 Å². The molecule has 8 heteroatoms. The zero-order valence-electron chi connectivity index (χ0n) is 14.3. The largest absolute Gasteiger partial charge is 0.367 e. The zero-order chi connectivity index (χ0) is 18.4. The molecule has 1 atom stereocenters. The minimum atomic E-state index is -1.57. The summed E-state index contributed by atoms with van der Waals surface area (Å²) in [4.78, 5) is 41.8. The summed E-state index contributed by atoms with van der Waals surface area (Å²) >= 11 is 0. The van der Waals surface area contributed by atoms with E-state index in [9.17, 15) is 14.4 Å². The highest BCUT2D eigenvalue weighted by molar-refractivity contribution is 6.30. The maximum atomic E-state index is 13.0. The number of anilines is 1. The van der Waals surface area contributed by atoms with Crippen molar-refractivity contribution in [2.24, 2.45) is 5.73 Å². The molecule has 3 rings (SSSR count). The number of benzene rings is 1. The van der Waals surface area contributed by atoms with E-state index in [1.165, 1.54) is 4.90 Å². The van der Waals surface area contributed by atoms with E-state index in [-0.39, 0.29) is 6.42 Å². The van der Waals surface area contributed by atoms with Crippen molar-refractivity contribution in [2.75, 3.05) is 25.5 Å². The third-order valence-corrected chi connectivity index (χ3v) is 4.86. The molecule has 0 saturated carbocycles. The number of urea groups is 1. The van der Waals surface area contributed by atoms with Gasteiger partial charge in [-0.05, 0) is 43.5 Å². The molecule has 4 amide bonds. The highest BCUT2D eigenvalue weighted by atomic mass is 16.2. The zero-order valence-corrected chi connectivity index (χ0v) is 14.3. The number of fused-ring (bicyclic) bond motifs is 1. The summed E-state index contributed by atoms with van der Waals surface area (Å²) in [6, 6.07) is 6.05. The third kappa shape index (κ3) is 2.36. The Morgan fingerprint density at radius 2 is 1.84 bits per heavy atom. The predicted octanol–water partition coefficient (Wildman–Crippen LogP) is 0.750. The van der Waals surface area contributed by atoms with Crippen LogP contribution in [0, 0.1) is 5.41 Å². The van der Waals surface area contributed by atoms with Crippen molar-refractivity contribution in [3.05, 3.63) is 29.8 Å². The van der Waals surface area contributed by atoms with Crippen LogP contribution in [0.4, 0.5) is 10.5 Å². The second-order valence-electron chi connectivity index (χ2n) is 6.55. The Morgan fingerprint density at radius 3 is 2.36 bits per heavy atom. The van der Waals surface area contributed by atoms with Crippen LogP contribution in [0.2, 0.25) is 0 Å². The minimum Gasteiger partial charge on any atom is -0.367 e. The van der Waals surface area contributed by atoms with Crippen molar-refractivity contribution in [1.82, 2.24) is 9.80 Å². The highest BCUT2D eigenvalue weighted by Gasteiger charge is 2.62. The number of imide groups is 1. The summed E-state index contributed by atoms with van der Waals surface area (Å²) in [6.07, 6.45) is 1.67. The van der Waals surface area contributed by atoms with Gasteiger partial charge in [0.2, 0.25) is 5.54 Å². The van der Waals surface area contributed by atoms with E-state index < -0.39 is 23.4 Å². The van der Waals surface area contributed by atoms with E-state index in [0.717, 1.165) is 11.3 Å². The van der Waals surface area contributed by atoms with Gasteiger partial charge in [-0.25, -0.2) is 9.69 Å². The van der Waals surface area contributed by atoms with Crippen molar-refractivity contribution in [1.29, 1.82) is 5.41 Å². The quantitative estimate of drug-likeness (QED) is 0.365. The maximum Gasteiger partial charge on any atom is 0.332 e. The molecule has 2 aliphatic rings. The number of carbonyl (C=O) groups excluding carboxylic acids is 3. The number of hydrogen-bond acceptors (Lipinski definition) is 4. The number of rotatable bonds is 3. The van der Waals surface area contributed by atoms with Crippen LogP contribution >= 0.6 is 0 Å². The number of amidine groups is 1. The summed E-state index contributed by atoms with van der Waals surface area (Å²) in [7, 11) is 3.52. The van der Waals surface area contributed by atoms with Gasteiger partial charge in [0.25, 0.3) is 11.8 Å². The Labute approximate surface area is 145 Å². The van der Waals surface area contributed by atoms with E-state index in [4.69, 9.17) is 11.1 Å². The first kappa shape index (κ1) is 16.9. The summed E-state index contributed by atoms with van der Waals surface area (Å²) in [6.45, 7) is 0.341. The molecule has 1 aromatic rings. The Hall–Kier alpha value is -2.90. The van der Waals surface area contributed by atoms with E-state index in [1.54, 1.807) is 43.3 Å².